The third-order valence-corrected chi connectivity index (χ3v) is 2.16. The summed E-state index contributed by atoms with van der Waals surface area (Å²) in [5.74, 6) is 0.843. The standard InChI is InChI=1S/C9H12N2O2.ClH/c12-9(8-3-4-10-8)11-6-7-2-1-5-13-7;/h1-2,5,8,10H,3-4,6H2,(H,11,12);1H/t8-;/m1./s1. The zero-order chi connectivity index (χ0) is 9.10. The highest BCUT2D eigenvalue weighted by Gasteiger charge is 2.23. The average Bonchev–Trinajstić information content (AvgIpc) is 2.49. The van der Waals surface area contributed by atoms with Gasteiger partial charge in [-0.2, -0.15) is 0 Å². The van der Waals surface area contributed by atoms with E-state index in [2.05, 4.69) is 10.6 Å². The number of carbonyl (C=O) groups is 1. The van der Waals surface area contributed by atoms with Gasteiger partial charge in [0.15, 0.2) is 0 Å². The summed E-state index contributed by atoms with van der Waals surface area (Å²) in [5, 5.41) is 5.82. The first kappa shape index (κ1) is 11.1. The van der Waals surface area contributed by atoms with Crippen molar-refractivity contribution in [3.05, 3.63) is 24.2 Å². The quantitative estimate of drug-likeness (QED) is 0.782. The van der Waals surface area contributed by atoms with E-state index in [1.54, 1.807) is 6.26 Å². The molecule has 0 radical (unpaired) electrons. The maximum atomic E-state index is 11.3. The molecule has 0 aromatic carbocycles. The van der Waals surface area contributed by atoms with Crippen molar-refractivity contribution in [2.75, 3.05) is 6.54 Å². The van der Waals surface area contributed by atoms with Crippen molar-refractivity contribution in [3.8, 4) is 0 Å². The maximum absolute atomic E-state index is 11.3. The molecule has 2 N–H and O–H groups in total. The second kappa shape index (κ2) is 5.02. The average molecular weight is 217 g/mol. The van der Waals surface area contributed by atoms with Crippen LogP contribution in [0.25, 0.3) is 0 Å². The van der Waals surface area contributed by atoms with Crippen molar-refractivity contribution in [2.45, 2.75) is 19.0 Å². The number of hydrogen-bond acceptors (Lipinski definition) is 3. The van der Waals surface area contributed by atoms with Gasteiger partial charge in [0.05, 0.1) is 18.8 Å². The van der Waals surface area contributed by atoms with E-state index >= 15 is 0 Å². The van der Waals surface area contributed by atoms with E-state index in [0.717, 1.165) is 18.7 Å². The molecule has 1 amide bonds. The fraction of sp³-hybridized carbons (Fsp3) is 0.444. The van der Waals surface area contributed by atoms with Gasteiger partial charge in [-0.05, 0) is 25.1 Å². The number of hydrogen-bond donors (Lipinski definition) is 2. The second-order valence-electron chi connectivity index (χ2n) is 3.09. The molecule has 2 rings (SSSR count). The Morgan fingerprint density at radius 1 is 1.71 bits per heavy atom. The molecular weight excluding hydrogens is 204 g/mol. The van der Waals surface area contributed by atoms with Gasteiger partial charge >= 0.3 is 0 Å². The van der Waals surface area contributed by atoms with Gasteiger partial charge in [-0.25, -0.2) is 0 Å². The van der Waals surface area contributed by atoms with Gasteiger partial charge in [0.25, 0.3) is 0 Å². The summed E-state index contributed by atoms with van der Waals surface area (Å²) in [6.45, 7) is 1.42. The lowest BCUT2D eigenvalue weighted by Crippen LogP contribution is -2.52. The zero-order valence-electron chi connectivity index (χ0n) is 7.66. The van der Waals surface area contributed by atoms with Crippen LogP contribution in [0.2, 0.25) is 0 Å². The summed E-state index contributed by atoms with van der Waals surface area (Å²) >= 11 is 0. The van der Waals surface area contributed by atoms with E-state index in [1.165, 1.54) is 0 Å². The highest BCUT2D eigenvalue weighted by molar-refractivity contribution is 5.85. The highest BCUT2D eigenvalue weighted by Crippen LogP contribution is 2.03. The molecule has 0 saturated carbocycles. The highest BCUT2D eigenvalue weighted by atomic mass is 35.5. The van der Waals surface area contributed by atoms with Crippen LogP contribution >= 0.6 is 12.4 Å². The third-order valence-electron chi connectivity index (χ3n) is 2.16. The Labute approximate surface area is 88.5 Å². The third kappa shape index (κ3) is 2.49. The largest absolute Gasteiger partial charge is 0.467 e. The monoisotopic (exact) mass is 216 g/mol. The topological polar surface area (TPSA) is 54.3 Å². The number of amides is 1. The Balaban J connectivity index is 0.000000980. The lowest BCUT2D eigenvalue weighted by Gasteiger charge is -2.25. The number of carbonyl (C=O) groups excluding carboxylic acids is 1. The minimum atomic E-state index is 0. The summed E-state index contributed by atoms with van der Waals surface area (Å²) in [7, 11) is 0. The van der Waals surface area contributed by atoms with Crippen LogP contribution < -0.4 is 10.6 Å². The predicted octanol–water partition coefficient (Wildman–Crippen LogP) is 0.679. The van der Waals surface area contributed by atoms with E-state index in [1.807, 2.05) is 12.1 Å². The van der Waals surface area contributed by atoms with Gasteiger partial charge in [0, 0.05) is 0 Å². The first-order chi connectivity index (χ1) is 6.36. The summed E-state index contributed by atoms with van der Waals surface area (Å²) in [6, 6.07) is 3.66. The second-order valence-corrected chi connectivity index (χ2v) is 3.09. The molecular formula is C9H13ClN2O2. The molecule has 2 heterocycles. The zero-order valence-corrected chi connectivity index (χ0v) is 8.47. The normalized spacial score (nSPS) is 19.3. The van der Waals surface area contributed by atoms with Crippen LogP contribution in [0.3, 0.4) is 0 Å². The fourth-order valence-corrected chi connectivity index (χ4v) is 1.22. The Bertz CT molecular complexity index is 283. The van der Waals surface area contributed by atoms with Crippen molar-refractivity contribution in [1.82, 2.24) is 10.6 Å². The van der Waals surface area contributed by atoms with Crippen molar-refractivity contribution >= 4 is 18.3 Å². The molecule has 1 atom stereocenters. The smallest absolute Gasteiger partial charge is 0.237 e. The molecule has 5 heteroatoms. The summed E-state index contributed by atoms with van der Waals surface area (Å²) < 4.78 is 5.08. The predicted molar refractivity (Wildman–Crippen MR) is 54.2 cm³/mol. The van der Waals surface area contributed by atoms with Crippen molar-refractivity contribution in [2.24, 2.45) is 0 Å². The lowest BCUT2D eigenvalue weighted by molar-refractivity contribution is -0.124. The molecule has 4 nitrogen and oxygen atoms in total. The van der Waals surface area contributed by atoms with E-state index < -0.39 is 0 Å². The Morgan fingerprint density at radius 2 is 2.50 bits per heavy atom. The molecule has 1 aromatic rings. The van der Waals surface area contributed by atoms with Crippen molar-refractivity contribution in [1.29, 1.82) is 0 Å². The van der Waals surface area contributed by atoms with Crippen LogP contribution in [-0.2, 0) is 11.3 Å². The van der Waals surface area contributed by atoms with Crippen LogP contribution in [0.4, 0.5) is 0 Å². The van der Waals surface area contributed by atoms with Crippen LogP contribution in [0.1, 0.15) is 12.2 Å². The lowest BCUT2D eigenvalue weighted by atomic mass is 10.1. The molecule has 1 aliphatic heterocycles. The van der Waals surface area contributed by atoms with Crippen molar-refractivity contribution in [3.63, 3.8) is 0 Å². The molecule has 1 fully saturated rings. The van der Waals surface area contributed by atoms with Gasteiger partial charge in [0.1, 0.15) is 5.76 Å². The van der Waals surface area contributed by atoms with E-state index in [9.17, 15) is 4.79 Å². The molecule has 1 aliphatic rings. The Morgan fingerprint density at radius 3 is 3.00 bits per heavy atom. The van der Waals surface area contributed by atoms with Gasteiger partial charge in [-0.1, -0.05) is 0 Å². The maximum Gasteiger partial charge on any atom is 0.237 e. The van der Waals surface area contributed by atoms with Crippen LogP contribution in [-0.4, -0.2) is 18.5 Å². The summed E-state index contributed by atoms with van der Waals surface area (Å²) in [4.78, 5) is 11.3. The van der Waals surface area contributed by atoms with Crippen molar-refractivity contribution < 1.29 is 9.21 Å². The molecule has 0 unspecified atom stereocenters. The number of rotatable bonds is 3. The molecule has 0 aliphatic carbocycles. The molecule has 1 aromatic heterocycles. The van der Waals surface area contributed by atoms with Gasteiger partial charge in [-0.3, -0.25) is 4.79 Å². The fourth-order valence-electron chi connectivity index (χ4n) is 1.22. The van der Waals surface area contributed by atoms with E-state index in [0.29, 0.717) is 6.54 Å². The van der Waals surface area contributed by atoms with Gasteiger partial charge in [-0.15, -0.1) is 12.4 Å². The van der Waals surface area contributed by atoms with Gasteiger partial charge < -0.3 is 15.1 Å². The van der Waals surface area contributed by atoms with Crippen LogP contribution in [0.5, 0.6) is 0 Å². The summed E-state index contributed by atoms with van der Waals surface area (Å²) in [5.41, 5.74) is 0. The van der Waals surface area contributed by atoms with Gasteiger partial charge in [0.2, 0.25) is 5.91 Å². The van der Waals surface area contributed by atoms with Crippen LogP contribution in [0.15, 0.2) is 22.8 Å². The SMILES string of the molecule is Cl.O=C(NCc1ccco1)[C@H]1CCN1. The molecule has 0 spiro atoms. The Hall–Kier alpha value is -1.00. The first-order valence-corrected chi connectivity index (χ1v) is 4.40. The van der Waals surface area contributed by atoms with E-state index in [-0.39, 0.29) is 24.4 Å². The molecule has 14 heavy (non-hydrogen) atoms. The number of furan rings is 1. The number of nitrogens with one attached hydrogen (secondary N) is 2. The van der Waals surface area contributed by atoms with Crippen LogP contribution in [0, 0.1) is 0 Å². The minimum Gasteiger partial charge on any atom is -0.467 e. The molecule has 78 valence electrons. The number of halogens is 1. The Kier molecular flexibility index (Phi) is 3.98. The molecule has 1 saturated heterocycles. The molecule has 0 bridgehead atoms. The summed E-state index contributed by atoms with van der Waals surface area (Å²) in [6.07, 6.45) is 2.53. The first-order valence-electron chi connectivity index (χ1n) is 4.40. The minimum absolute atomic E-state index is 0. The van der Waals surface area contributed by atoms with E-state index in [4.69, 9.17) is 4.42 Å².